The van der Waals surface area contributed by atoms with Gasteiger partial charge in [0.05, 0.1) is 18.3 Å². The highest BCUT2D eigenvalue weighted by Crippen LogP contribution is 2.74. The zero-order chi connectivity index (χ0) is 70.4. The Kier molecular flexibility index (Phi) is 24.7. The summed E-state index contributed by atoms with van der Waals surface area (Å²) < 4.78 is 21.0. The molecule has 12 fully saturated rings. The molecular formula is C87H162O6Si3. The van der Waals surface area contributed by atoms with Gasteiger partial charge in [-0.2, -0.15) is 0 Å². The van der Waals surface area contributed by atoms with E-state index < -0.39 is 25.0 Å². The fraction of sp³-hybridized carbons (Fsp3) is 1.00. The van der Waals surface area contributed by atoms with Crippen molar-refractivity contribution in [2.75, 3.05) is 19.8 Å². The average molecular weight is 1390 g/mol. The lowest BCUT2D eigenvalue weighted by Crippen LogP contribution is -2.63. The molecule has 9 heteroatoms. The summed E-state index contributed by atoms with van der Waals surface area (Å²) in [5, 5.41) is 30.9. The van der Waals surface area contributed by atoms with Crippen molar-refractivity contribution in [1.29, 1.82) is 0 Å². The van der Waals surface area contributed by atoms with Gasteiger partial charge in [0.15, 0.2) is 25.0 Å². The van der Waals surface area contributed by atoms with Crippen LogP contribution in [0.5, 0.6) is 0 Å². The summed E-state index contributed by atoms with van der Waals surface area (Å²) in [4.78, 5) is 0. The Bertz CT molecular complexity index is 2510. The number of aliphatic hydroxyl groups is 3. The lowest BCUT2D eigenvalue weighted by molar-refractivity contribution is -0.198. The Morgan fingerprint density at radius 1 is 0.365 bits per heavy atom. The van der Waals surface area contributed by atoms with Gasteiger partial charge in [0.1, 0.15) is 0 Å². The summed E-state index contributed by atoms with van der Waals surface area (Å²) in [5.74, 6) is 18.4. The third-order valence-electron chi connectivity index (χ3n) is 34.5. The Labute approximate surface area is 598 Å². The van der Waals surface area contributed by atoms with E-state index in [4.69, 9.17) is 13.3 Å². The van der Waals surface area contributed by atoms with Crippen LogP contribution in [-0.4, -0.2) is 78.4 Å². The van der Waals surface area contributed by atoms with Crippen LogP contribution in [0.3, 0.4) is 0 Å². The molecule has 12 aliphatic rings. The van der Waals surface area contributed by atoms with E-state index in [9.17, 15) is 15.3 Å². The third-order valence-corrected chi connectivity index (χ3v) is 37.5. The summed E-state index contributed by atoms with van der Waals surface area (Å²) in [6, 6.07) is 0. The van der Waals surface area contributed by atoms with Crippen LogP contribution in [0.4, 0.5) is 0 Å². The predicted molar refractivity (Wildman–Crippen MR) is 414 cm³/mol. The topological polar surface area (TPSA) is 88.4 Å². The molecule has 0 aromatic heterocycles. The number of fused-ring (bicyclic) bond motifs is 15. The van der Waals surface area contributed by atoms with E-state index in [1.54, 1.807) is 0 Å². The minimum Gasteiger partial charge on any atom is -0.418 e. The van der Waals surface area contributed by atoms with E-state index in [1.807, 2.05) is 0 Å². The zero-order valence-electron chi connectivity index (χ0n) is 67.9. The molecule has 0 unspecified atom stereocenters. The van der Waals surface area contributed by atoms with Crippen molar-refractivity contribution in [2.24, 2.45) is 175 Å². The smallest absolute Gasteiger partial charge is 0.184 e. The molecule has 12 rings (SSSR count). The molecule has 0 spiro atoms. The molecule has 0 saturated heterocycles. The maximum atomic E-state index is 11.8. The standard InChI is InChI=1S/C32H62O2Si2.C29H54O2Si.C26H46O2/c1-12-24-28-21-22(2)15-18-32(28,5)27-16-19-31(4)25(23(3)17-20-33-35(6,7)8)13-14-26(31)29(27)30(24)34-36(9,10)11;1-9-21-25-18-19(2)12-15-29(25,5)24-13-16-28(4)22(20(3)14-17-30)10-11-23(28)26(24)27(21)31-32(6,7)8;1-6-18-22-15-16(2)9-12-26(22,5)21-10-13-25(4)19(17(3)11-14-27)7-8-20(25)23(21)24(18)28/h22-30H,12-21H2,1-11H3;19-27,30H,9-18H2,1-8H3;16-24,27-28H,6-15H2,1-5H3/t22-,23-,24-,25-,26+,27+,28+,29+,30-,31-,32-;19-,20-,21-,22-,23+,24+,25+,26+,27-,28-,29-;16-,17-,18-,19-,20+,21+,22+,23+,24-,25-,26-/m111/s1. The molecular weight excluding hydrogens is 1230 g/mol. The summed E-state index contributed by atoms with van der Waals surface area (Å²) in [6.07, 6.45) is 37.3. The maximum Gasteiger partial charge on any atom is 0.184 e. The molecule has 12 saturated carbocycles. The van der Waals surface area contributed by atoms with Crippen molar-refractivity contribution >= 4 is 25.0 Å². The normalized spacial score (nSPS) is 49.8. The highest BCUT2D eigenvalue weighted by molar-refractivity contribution is 6.70. The van der Waals surface area contributed by atoms with Crippen molar-refractivity contribution in [3.8, 4) is 0 Å². The monoisotopic (exact) mass is 1390 g/mol. The largest absolute Gasteiger partial charge is 0.418 e. The van der Waals surface area contributed by atoms with Crippen molar-refractivity contribution in [3.63, 3.8) is 0 Å². The maximum absolute atomic E-state index is 11.8. The molecule has 6 nitrogen and oxygen atoms in total. The fourth-order valence-corrected chi connectivity index (χ4v) is 33.1. The molecule has 3 N–H and O–H groups in total. The summed E-state index contributed by atoms with van der Waals surface area (Å²) in [6.45, 7) is 61.4. The second-order valence-corrected chi connectivity index (χ2v) is 56.3. The first-order chi connectivity index (χ1) is 44.8. The molecule has 0 bridgehead atoms. The van der Waals surface area contributed by atoms with Gasteiger partial charge in [-0.1, -0.05) is 142 Å². The fourth-order valence-electron chi connectivity index (χ4n) is 30.1. The minimum absolute atomic E-state index is 0.0881. The molecule has 0 amide bonds. The molecule has 0 aromatic carbocycles. The molecule has 558 valence electrons. The van der Waals surface area contributed by atoms with E-state index in [0.717, 1.165) is 138 Å². The molecule has 0 heterocycles. The van der Waals surface area contributed by atoms with Gasteiger partial charge in [-0.05, 0) is 368 Å². The number of hydrogen-bond acceptors (Lipinski definition) is 6. The van der Waals surface area contributed by atoms with Crippen molar-refractivity contribution in [3.05, 3.63) is 0 Å². The number of hydrogen-bond donors (Lipinski definition) is 3. The van der Waals surface area contributed by atoms with Crippen LogP contribution < -0.4 is 0 Å². The van der Waals surface area contributed by atoms with Gasteiger partial charge in [0, 0.05) is 19.8 Å². The van der Waals surface area contributed by atoms with E-state index in [-0.39, 0.29) is 6.10 Å². The highest BCUT2D eigenvalue weighted by Gasteiger charge is 2.69. The average Bonchev–Trinajstić information content (AvgIpc) is 1.28. The van der Waals surface area contributed by atoms with Crippen LogP contribution in [0.25, 0.3) is 0 Å². The number of aliphatic hydroxyl groups excluding tert-OH is 3. The second kappa shape index (κ2) is 30.0. The Morgan fingerprint density at radius 2 is 0.656 bits per heavy atom. The summed E-state index contributed by atoms with van der Waals surface area (Å²) in [5.41, 5.74) is 2.82. The summed E-state index contributed by atoms with van der Waals surface area (Å²) >= 11 is 0. The first kappa shape index (κ1) is 79.0. The second-order valence-electron chi connectivity index (χ2n) is 42.8. The molecule has 0 aromatic rings. The number of rotatable bonds is 18. The first-order valence-electron chi connectivity index (χ1n) is 42.7. The first-order valence-corrected chi connectivity index (χ1v) is 53.0. The van der Waals surface area contributed by atoms with Crippen LogP contribution in [0.2, 0.25) is 58.9 Å². The lowest BCUT2D eigenvalue weighted by Gasteiger charge is -2.66. The van der Waals surface area contributed by atoms with Crippen LogP contribution in [0, 0.1) is 175 Å². The van der Waals surface area contributed by atoms with Crippen molar-refractivity contribution in [1.82, 2.24) is 0 Å². The SMILES string of the molecule is CC[C@H]1[C@@H](O)[C@@H]2[C@H](CC[C@]3(C)[C@@H]([C@H](C)CCO)CC[C@@H]23)[C@@]2(C)CC[C@@H](C)C[C@@H]12.CC[C@H]1[C@@H](O[Si](C)(C)C)[C@@H]2[C@H](CC[C@]3(C)[C@@H]([C@H](C)CCO)CC[C@@H]23)[C@@]2(C)CC[C@@H](C)C[C@@H]12.CC[C@H]1[C@@H](O[Si](C)(C)C)[C@@H]2[C@H](CC[C@]3(C)[C@@H]([C@H](C)CCO[Si](C)(C)C)CC[C@@H]23)[C@@]2(C)CC[C@@H](C)C[C@@H]12. The van der Waals surface area contributed by atoms with Gasteiger partial charge in [0.25, 0.3) is 0 Å². The van der Waals surface area contributed by atoms with Gasteiger partial charge in [-0.3, -0.25) is 0 Å². The minimum atomic E-state index is -1.63. The van der Waals surface area contributed by atoms with E-state index in [2.05, 4.69) is 163 Å². The van der Waals surface area contributed by atoms with Crippen molar-refractivity contribution in [2.45, 2.75) is 354 Å². The van der Waals surface area contributed by atoms with E-state index >= 15 is 0 Å². The molecule has 33 atom stereocenters. The van der Waals surface area contributed by atoms with Gasteiger partial charge in [0.2, 0.25) is 0 Å². The van der Waals surface area contributed by atoms with Gasteiger partial charge in [-0.15, -0.1) is 0 Å². The van der Waals surface area contributed by atoms with Crippen LogP contribution in [-0.2, 0) is 13.3 Å². The molecule has 0 radical (unpaired) electrons. The van der Waals surface area contributed by atoms with E-state index in [0.29, 0.717) is 87.5 Å². The van der Waals surface area contributed by atoms with Gasteiger partial charge >= 0.3 is 0 Å². The highest BCUT2D eigenvalue weighted by atomic mass is 28.4. The Morgan fingerprint density at radius 3 is 0.969 bits per heavy atom. The van der Waals surface area contributed by atoms with Crippen molar-refractivity contribution < 1.29 is 28.6 Å². The van der Waals surface area contributed by atoms with Gasteiger partial charge < -0.3 is 28.6 Å². The molecule has 12 aliphatic carbocycles. The third kappa shape index (κ3) is 14.7. The van der Waals surface area contributed by atoms with Crippen LogP contribution in [0.15, 0.2) is 0 Å². The molecule has 0 aliphatic heterocycles. The summed E-state index contributed by atoms with van der Waals surface area (Å²) in [7, 11) is -4.69. The predicted octanol–water partition coefficient (Wildman–Crippen LogP) is 23.3. The lowest BCUT2D eigenvalue weighted by atomic mass is 9.41. The van der Waals surface area contributed by atoms with Crippen LogP contribution >= 0.6 is 0 Å². The zero-order valence-corrected chi connectivity index (χ0v) is 70.9. The molecule has 96 heavy (non-hydrogen) atoms. The van der Waals surface area contributed by atoms with E-state index in [1.165, 1.54) is 154 Å². The van der Waals surface area contributed by atoms with Gasteiger partial charge in [-0.25, -0.2) is 0 Å². The van der Waals surface area contributed by atoms with Crippen LogP contribution in [0.1, 0.15) is 277 Å². The quantitative estimate of drug-likeness (QED) is 0.119. The Balaban J connectivity index is 0.000000158. The Hall–Kier alpha value is 0.411.